The number of hydrogen-bond acceptors (Lipinski definition) is 5. The number of methoxy groups -OCH3 is 1. The minimum Gasteiger partial charge on any atom is -0.497 e. The summed E-state index contributed by atoms with van der Waals surface area (Å²) in [5.74, 6) is 1.46. The van der Waals surface area contributed by atoms with E-state index in [4.69, 9.17) is 4.74 Å². The van der Waals surface area contributed by atoms with Crippen LogP contribution in [0.5, 0.6) is 5.75 Å². The highest BCUT2D eigenvalue weighted by Crippen LogP contribution is 2.20. The maximum atomic E-state index is 12.3. The molecule has 1 amide bonds. The van der Waals surface area contributed by atoms with Crippen molar-refractivity contribution in [2.75, 3.05) is 25.5 Å². The zero-order chi connectivity index (χ0) is 21.6. The number of nitrogens with zero attached hydrogens (tertiary/aromatic N) is 1. The van der Waals surface area contributed by atoms with E-state index in [1.807, 2.05) is 42.5 Å². The lowest BCUT2D eigenvalue weighted by Gasteiger charge is -2.26. The average Bonchev–Trinajstić information content (AvgIpc) is 2.76. The summed E-state index contributed by atoms with van der Waals surface area (Å²) < 4.78 is 5.15. The molecule has 0 bridgehead atoms. The topological polar surface area (TPSA) is 96.1 Å². The van der Waals surface area contributed by atoms with Gasteiger partial charge in [0.1, 0.15) is 5.75 Å². The number of ether oxygens (including phenoxy) is 1. The number of anilines is 1. The number of rotatable bonds is 9. The summed E-state index contributed by atoms with van der Waals surface area (Å²) in [6.07, 6.45) is 1.11. The van der Waals surface area contributed by atoms with Gasteiger partial charge < -0.3 is 15.4 Å². The first-order valence-corrected chi connectivity index (χ1v) is 9.99. The molecule has 0 aliphatic carbocycles. The number of H-pyrrole nitrogens is 1. The second kappa shape index (κ2) is 9.43. The molecule has 7 heteroatoms. The maximum absolute atomic E-state index is 12.3. The van der Waals surface area contributed by atoms with Gasteiger partial charge in [-0.25, -0.2) is 5.10 Å². The molecule has 3 rings (SSSR count). The summed E-state index contributed by atoms with van der Waals surface area (Å²) in [5, 5.41) is 14.4. The first-order chi connectivity index (χ1) is 14.4. The fraction of sp³-hybridized carbons (Fsp3) is 0.348. The van der Waals surface area contributed by atoms with E-state index in [9.17, 15) is 9.59 Å². The van der Waals surface area contributed by atoms with E-state index < -0.39 is 0 Å². The summed E-state index contributed by atoms with van der Waals surface area (Å²) in [4.78, 5) is 24.2. The van der Waals surface area contributed by atoms with Gasteiger partial charge in [0, 0.05) is 24.9 Å². The van der Waals surface area contributed by atoms with E-state index in [2.05, 4.69) is 34.7 Å². The van der Waals surface area contributed by atoms with Crippen molar-refractivity contribution in [2.45, 2.75) is 26.7 Å². The third kappa shape index (κ3) is 5.59. The van der Waals surface area contributed by atoms with Crippen LogP contribution in [-0.4, -0.2) is 36.3 Å². The number of nitrogens with one attached hydrogen (secondary N) is 3. The molecule has 158 valence electrons. The van der Waals surface area contributed by atoms with Gasteiger partial charge in [0.15, 0.2) is 5.82 Å². The highest BCUT2D eigenvalue weighted by Gasteiger charge is 2.20. The Morgan fingerprint density at radius 1 is 1.07 bits per heavy atom. The van der Waals surface area contributed by atoms with Crippen molar-refractivity contribution >= 4 is 22.5 Å². The Kier molecular flexibility index (Phi) is 6.72. The third-order valence-corrected chi connectivity index (χ3v) is 4.99. The van der Waals surface area contributed by atoms with Gasteiger partial charge in [-0.2, -0.15) is 5.10 Å². The number of aromatic amines is 1. The minimum atomic E-state index is -0.209. The van der Waals surface area contributed by atoms with Crippen LogP contribution in [0.4, 0.5) is 5.82 Å². The van der Waals surface area contributed by atoms with Crippen LogP contribution < -0.4 is 20.9 Å². The fourth-order valence-electron chi connectivity index (χ4n) is 3.11. The summed E-state index contributed by atoms with van der Waals surface area (Å²) in [6.45, 7) is 5.26. The molecule has 30 heavy (non-hydrogen) atoms. The predicted molar refractivity (Wildman–Crippen MR) is 119 cm³/mol. The normalized spacial score (nSPS) is 11.3. The Labute approximate surface area is 175 Å². The second-order valence-corrected chi connectivity index (χ2v) is 8.09. The van der Waals surface area contributed by atoms with Crippen molar-refractivity contribution in [3.63, 3.8) is 0 Å². The number of hydrogen-bond donors (Lipinski definition) is 3. The van der Waals surface area contributed by atoms with Gasteiger partial charge in [0.05, 0.1) is 12.5 Å². The zero-order valence-corrected chi connectivity index (χ0v) is 17.6. The van der Waals surface area contributed by atoms with Crippen LogP contribution in [0, 0.1) is 5.41 Å². The van der Waals surface area contributed by atoms with Crippen molar-refractivity contribution in [1.82, 2.24) is 15.5 Å². The molecule has 3 N–H and O–H groups in total. The van der Waals surface area contributed by atoms with Crippen LogP contribution >= 0.6 is 0 Å². The quantitative estimate of drug-likeness (QED) is 0.506. The zero-order valence-electron chi connectivity index (χ0n) is 17.6. The van der Waals surface area contributed by atoms with Gasteiger partial charge in [-0.1, -0.05) is 44.2 Å². The number of carbonyl (C=O) groups excluding carboxylic acids is 1. The Balaban J connectivity index is 1.50. The summed E-state index contributed by atoms with van der Waals surface area (Å²) in [5.41, 5.74) is 0.691. The molecule has 0 radical (unpaired) electrons. The average molecular weight is 409 g/mol. The van der Waals surface area contributed by atoms with Gasteiger partial charge in [0.2, 0.25) is 5.91 Å². The first kappa shape index (κ1) is 21.4. The van der Waals surface area contributed by atoms with Crippen LogP contribution in [0.15, 0.2) is 53.3 Å². The number of aromatic nitrogens is 2. The van der Waals surface area contributed by atoms with Crippen LogP contribution in [0.3, 0.4) is 0 Å². The third-order valence-electron chi connectivity index (χ3n) is 4.99. The van der Waals surface area contributed by atoms with Crippen molar-refractivity contribution in [2.24, 2.45) is 5.41 Å². The minimum absolute atomic E-state index is 0.0199. The number of fused-ring (bicyclic) bond motifs is 1. The molecule has 0 fully saturated rings. The lowest BCUT2D eigenvalue weighted by molar-refractivity contribution is -0.121. The largest absolute Gasteiger partial charge is 0.497 e. The van der Waals surface area contributed by atoms with Crippen LogP contribution in [0.1, 0.15) is 25.8 Å². The van der Waals surface area contributed by atoms with Crippen molar-refractivity contribution < 1.29 is 9.53 Å². The molecule has 7 nitrogen and oxygen atoms in total. The molecule has 0 aliphatic rings. The molecule has 0 unspecified atom stereocenters. The second-order valence-electron chi connectivity index (χ2n) is 8.09. The van der Waals surface area contributed by atoms with E-state index in [0.29, 0.717) is 37.1 Å². The number of amides is 1. The summed E-state index contributed by atoms with van der Waals surface area (Å²) in [7, 11) is 1.63. The standard InChI is InChI=1S/C23H28N4O3/c1-23(2,14-24-20(28)13-10-16-8-11-17(30-3)12-9-16)15-25-21-18-6-4-5-7-19(18)22(29)27-26-21/h4-9,11-12H,10,13-15H2,1-3H3,(H,24,28)(H,25,26)(H,27,29). The van der Waals surface area contributed by atoms with Gasteiger partial charge in [-0.3, -0.25) is 9.59 Å². The molecular weight excluding hydrogens is 380 g/mol. The number of aryl methyl sites for hydroxylation is 1. The first-order valence-electron chi connectivity index (χ1n) is 9.99. The van der Waals surface area contributed by atoms with Crippen LogP contribution in [0.2, 0.25) is 0 Å². The van der Waals surface area contributed by atoms with E-state index in [-0.39, 0.29) is 16.9 Å². The predicted octanol–water partition coefficient (Wildman–Crippen LogP) is 3.12. The van der Waals surface area contributed by atoms with E-state index in [0.717, 1.165) is 16.7 Å². The number of carbonyl (C=O) groups is 1. The molecule has 0 spiro atoms. The highest BCUT2D eigenvalue weighted by atomic mass is 16.5. The highest BCUT2D eigenvalue weighted by molar-refractivity contribution is 5.90. The molecule has 0 saturated heterocycles. The summed E-state index contributed by atoms with van der Waals surface area (Å²) >= 11 is 0. The SMILES string of the molecule is COc1ccc(CCC(=O)NCC(C)(C)CNc2n[nH]c(=O)c3ccccc23)cc1. The van der Waals surface area contributed by atoms with Gasteiger partial charge in [0.25, 0.3) is 5.56 Å². The van der Waals surface area contributed by atoms with E-state index in [1.165, 1.54) is 0 Å². The van der Waals surface area contributed by atoms with E-state index >= 15 is 0 Å². The van der Waals surface area contributed by atoms with Crippen molar-refractivity contribution in [3.8, 4) is 5.75 Å². The van der Waals surface area contributed by atoms with E-state index in [1.54, 1.807) is 13.2 Å². The number of benzene rings is 2. The molecule has 0 atom stereocenters. The molecule has 1 heterocycles. The fourth-order valence-corrected chi connectivity index (χ4v) is 3.11. The van der Waals surface area contributed by atoms with Gasteiger partial charge >= 0.3 is 0 Å². The lowest BCUT2D eigenvalue weighted by atomic mass is 9.93. The van der Waals surface area contributed by atoms with Gasteiger partial charge in [-0.15, -0.1) is 0 Å². The molecule has 2 aromatic carbocycles. The van der Waals surface area contributed by atoms with Crippen LogP contribution in [-0.2, 0) is 11.2 Å². The Hall–Kier alpha value is -3.35. The molecular formula is C23H28N4O3. The molecule has 0 aliphatic heterocycles. The van der Waals surface area contributed by atoms with Crippen molar-refractivity contribution in [1.29, 1.82) is 0 Å². The Morgan fingerprint density at radius 2 is 1.77 bits per heavy atom. The summed E-state index contributed by atoms with van der Waals surface area (Å²) in [6, 6.07) is 15.1. The van der Waals surface area contributed by atoms with Gasteiger partial charge in [-0.05, 0) is 35.6 Å². The Morgan fingerprint density at radius 3 is 2.47 bits per heavy atom. The molecule has 3 aromatic rings. The monoisotopic (exact) mass is 408 g/mol. The van der Waals surface area contributed by atoms with Crippen LogP contribution in [0.25, 0.3) is 10.8 Å². The Bertz CT molecular complexity index is 1060. The van der Waals surface area contributed by atoms with Crippen molar-refractivity contribution in [3.05, 3.63) is 64.4 Å². The molecule has 1 aromatic heterocycles. The maximum Gasteiger partial charge on any atom is 0.272 e. The smallest absolute Gasteiger partial charge is 0.272 e. The lowest BCUT2D eigenvalue weighted by Crippen LogP contribution is -2.38. The molecule has 0 saturated carbocycles.